The predicted octanol–water partition coefficient (Wildman–Crippen LogP) is 4.75. The number of hydrogen-bond acceptors (Lipinski definition) is 3. The number of ether oxygens (including phenoxy) is 1. The second kappa shape index (κ2) is 12.5. The molecule has 0 aliphatic heterocycles. The smallest absolute Gasteiger partial charge is 0.0560 e. The van der Waals surface area contributed by atoms with Crippen LogP contribution in [-0.2, 0) is 4.74 Å². The van der Waals surface area contributed by atoms with Crippen molar-refractivity contribution in [2.75, 3.05) is 6.61 Å². The van der Waals surface area contributed by atoms with Gasteiger partial charge >= 0.3 is 0 Å². The first-order chi connectivity index (χ1) is 8.10. The van der Waals surface area contributed by atoms with Crippen LogP contribution in [0.5, 0.6) is 0 Å². The van der Waals surface area contributed by atoms with Crippen molar-refractivity contribution in [2.45, 2.75) is 66.9 Å². The van der Waals surface area contributed by atoms with Crippen molar-refractivity contribution in [3.8, 4) is 0 Å². The lowest BCUT2D eigenvalue weighted by molar-refractivity contribution is 0.0209. The Labute approximate surface area is 113 Å². The van der Waals surface area contributed by atoms with Crippen LogP contribution in [0.2, 0.25) is 0 Å². The van der Waals surface area contributed by atoms with Crippen LogP contribution < -0.4 is 5.14 Å². The van der Waals surface area contributed by atoms with Gasteiger partial charge in [-0.1, -0.05) is 52.1 Å². The van der Waals surface area contributed by atoms with Crippen LogP contribution in [0.3, 0.4) is 0 Å². The molecule has 17 heavy (non-hydrogen) atoms. The fraction of sp³-hybridized carbons (Fsp3) is 0.857. The zero-order valence-electron chi connectivity index (χ0n) is 12.5. The Kier molecular flexibility index (Phi) is 14.2. The molecule has 0 aliphatic rings. The van der Waals surface area contributed by atoms with E-state index in [1.54, 1.807) is 0 Å². The van der Waals surface area contributed by atoms with E-state index in [0.29, 0.717) is 6.10 Å². The van der Waals surface area contributed by atoms with Crippen LogP contribution in [0.25, 0.3) is 0 Å². The van der Waals surface area contributed by atoms with Crippen molar-refractivity contribution < 1.29 is 4.74 Å². The topological polar surface area (TPSA) is 35.2 Å². The third-order valence-electron chi connectivity index (χ3n) is 2.66. The lowest BCUT2D eigenvalue weighted by Gasteiger charge is -2.30. The molecule has 2 nitrogen and oxygen atoms in total. The van der Waals surface area contributed by atoms with E-state index in [1.165, 1.54) is 18.4 Å². The highest BCUT2D eigenvalue weighted by Crippen LogP contribution is 2.31. The Balaban J connectivity index is 0. The Hall–Kier alpha value is 0.01000. The number of hydrogen-bond donors (Lipinski definition) is 1. The molecular formula is C14H31NOS. The van der Waals surface area contributed by atoms with E-state index in [1.807, 2.05) is 19.3 Å². The fourth-order valence-electron chi connectivity index (χ4n) is 1.61. The quantitative estimate of drug-likeness (QED) is 0.640. The van der Waals surface area contributed by atoms with Crippen LogP contribution in [-0.4, -0.2) is 12.7 Å². The highest BCUT2D eigenvalue weighted by Gasteiger charge is 2.24. The molecule has 0 aromatic rings. The van der Waals surface area contributed by atoms with Crippen molar-refractivity contribution in [1.29, 1.82) is 0 Å². The van der Waals surface area contributed by atoms with E-state index in [2.05, 4.69) is 33.8 Å². The molecule has 0 aliphatic carbocycles. The molecule has 0 aromatic heterocycles. The molecule has 0 amide bonds. The zero-order valence-corrected chi connectivity index (χ0v) is 13.3. The summed E-state index contributed by atoms with van der Waals surface area (Å²) in [5.74, 6) is 0. The standard InChI is InChI=1S/C12H25NOS.C2H6/c1-5-7-12(6-2,8-9-15-13)10-14-11(3)4;1-2/h8-9,11H,5-7,10,13H2,1-4H3;1-2H3/b9-8+;. The van der Waals surface area contributed by atoms with Gasteiger partial charge in [-0.15, -0.1) is 0 Å². The molecule has 1 unspecified atom stereocenters. The molecule has 0 radical (unpaired) electrons. The summed E-state index contributed by atoms with van der Waals surface area (Å²) < 4.78 is 5.75. The van der Waals surface area contributed by atoms with Gasteiger partial charge in [0.05, 0.1) is 12.7 Å². The summed E-state index contributed by atoms with van der Waals surface area (Å²) >= 11 is 1.27. The lowest BCUT2D eigenvalue weighted by atomic mass is 9.82. The normalized spacial score (nSPS) is 14.6. The SMILES string of the molecule is CC.CCCC(/C=C/SN)(CC)COC(C)C. The molecule has 0 aromatic carbocycles. The molecular weight excluding hydrogens is 230 g/mol. The third kappa shape index (κ3) is 9.69. The average molecular weight is 261 g/mol. The molecule has 0 saturated carbocycles. The second-order valence-corrected chi connectivity index (χ2v) is 4.81. The van der Waals surface area contributed by atoms with Gasteiger partial charge in [-0.3, -0.25) is 5.14 Å². The maximum atomic E-state index is 5.75. The summed E-state index contributed by atoms with van der Waals surface area (Å²) in [6.45, 7) is 13.4. The van der Waals surface area contributed by atoms with Gasteiger partial charge in [0, 0.05) is 5.41 Å². The highest BCUT2D eigenvalue weighted by atomic mass is 32.2. The van der Waals surface area contributed by atoms with E-state index in [-0.39, 0.29) is 5.41 Å². The van der Waals surface area contributed by atoms with Gasteiger partial charge in [0.1, 0.15) is 0 Å². The first-order valence-corrected chi connectivity index (χ1v) is 7.69. The van der Waals surface area contributed by atoms with Gasteiger partial charge in [-0.25, -0.2) is 0 Å². The Bertz CT molecular complexity index is 183. The molecule has 0 saturated heterocycles. The number of rotatable bonds is 8. The summed E-state index contributed by atoms with van der Waals surface area (Å²) in [4.78, 5) is 0. The molecule has 0 fully saturated rings. The van der Waals surface area contributed by atoms with E-state index >= 15 is 0 Å². The first-order valence-electron chi connectivity index (χ1n) is 6.75. The molecule has 0 heterocycles. The maximum absolute atomic E-state index is 5.75. The van der Waals surface area contributed by atoms with Gasteiger partial charge in [-0.2, -0.15) is 0 Å². The van der Waals surface area contributed by atoms with Crippen molar-refractivity contribution in [3.63, 3.8) is 0 Å². The van der Waals surface area contributed by atoms with Crippen LogP contribution >= 0.6 is 11.9 Å². The van der Waals surface area contributed by atoms with Crippen molar-refractivity contribution in [2.24, 2.45) is 10.6 Å². The average Bonchev–Trinajstić information content (AvgIpc) is 2.35. The van der Waals surface area contributed by atoms with Gasteiger partial charge in [0.25, 0.3) is 0 Å². The van der Waals surface area contributed by atoms with Gasteiger partial charge < -0.3 is 4.74 Å². The first kappa shape index (κ1) is 19.4. The molecule has 2 N–H and O–H groups in total. The van der Waals surface area contributed by atoms with Crippen LogP contribution in [0.1, 0.15) is 60.8 Å². The molecule has 0 rings (SSSR count). The highest BCUT2D eigenvalue weighted by molar-refractivity contribution is 7.99. The van der Waals surface area contributed by atoms with E-state index in [4.69, 9.17) is 9.88 Å². The van der Waals surface area contributed by atoms with Crippen LogP contribution in [0.15, 0.2) is 11.5 Å². The second-order valence-electron chi connectivity index (χ2n) is 4.26. The van der Waals surface area contributed by atoms with E-state index in [0.717, 1.165) is 19.4 Å². The van der Waals surface area contributed by atoms with Gasteiger partial charge in [0.2, 0.25) is 0 Å². The molecule has 0 spiro atoms. The van der Waals surface area contributed by atoms with Gasteiger partial charge in [-0.05, 0) is 32.1 Å². The third-order valence-corrected chi connectivity index (χ3v) is 2.95. The van der Waals surface area contributed by atoms with Crippen molar-refractivity contribution >= 4 is 11.9 Å². The summed E-state index contributed by atoms with van der Waals surface area (Å²) in [6, 6.07) is 0. The van der Waals surface area contributed by atoms with E-state index in [9.17, 15) is 0 Å². The summed E-state index contributed by atoms with van der Waals surface area (Å²) in [5, 5.41) is 7.41. The molecule has 104 valence electrons. The predicted molar refractivity (Wildman–Crippen MR) is 81.0 cm³/mol. The largest absolute Gasteiger partial charge is 0.378 e. The summed E-state index contributed by atoms with van der Waals surface area (Å²) in [7, 11) is 0. The van der Waals surface area contributed by atoms with Crippen LogP contribution in [0.4, 0.5) is 0 Å². The minimum absolute atomic E-state index is 0.172. The summed E-state index contributed by atoms with van der Waals surface area (Å²) in [5.41, 5.74) is 0.172. The maximum Gasteiger partial charge on any atom is 0.0560 e. The minimum atomic E-state index is 0.172. The molecule has 0 bridgehead atoms. The minimum Gasteiger partial charge on any atom is -0.378 e. The Morgan fingerprint density at radius 3 is 2.24 bits per heavy atom. The zero-order chi connectivity index (χ0) is 13.7. The number of nitrogens with two attached hydrogens (primary N) is 1. The molecule has 1 atom stereocenters. The monoisotopic (exact) mass is 261 g/mol. The fourth-order valence-corrected chi connectivity index (χ4v) is 1.98. The molecule has 3 heteroatoms. The van der Waals surface area contributed by atoms with Crippen molar-refractivity contribution in [3.05, 3.63) is 11.5 Å². The van der Waals surface area contributed by atoms with Crippen molar-refractivity contribution in [1.82, 2.24) is 0 Å². The Morgan fingerprint density at radius 2 is 1.88 bits per heavy atom. The summed E-state index contributed by atoms with van der Waals surface area (Å²) in [6.07, 6.45) is 5.95. The van der Waals surface area contributed by atoms with Crippen LogP contribution in [0, 0.1) is 5.41 Å². The van der Waals surface area contributed by atoms with Gasteiger partial charge in [0.15, 0.2) is 0 Å². The Morgan fingerprint density at radius 1 is 1.29 bits per heavy atom. The van der Waals surface area contributed by atoms with E-state index < -0.39 is 0 Å². The lowest BCUT2D eigenvalue weighted by Crippen LogP contribution is -2.25.